The van der Waals surface area contributed by atoms with Gasteiger partial charge < -0.3 is 14.7 Å². The molecule has 3 nitrogen and oxygen atoms in total. The smallest absolute Gasteiger partial charge is 0.150 e. The summed E-state index contributed by atoms with van der Waals surface area (Å²) in [5.41, 5.74) is 1.68. The van der Waals surface area contributed by atoms with E-state index in [0.717, 1.165) is 31.5 Å². The second kappa shape index (κ2) is 7.47. The molecule has 0 aliphatic carbocycles. The average Bonchev–Trinajstić information content (AvgIpc) is 2.61. The van der Waals surface area contributed by atoms with Gasteiger partial charge in [0.25, 0.3) is 0 Å². The molecule has 0 atom stereocenters. The first-order valence-electron chi connectivity index (χ1n) is 8.08. The number of halogens is 1. The minimum Gasteiger partial charge on any atom is -0.489 e. The monoisotopic (exact) mass is 315 g/mol. The minimum absolute atomic E-state index is 0.225. The van der Waals surface area contributed by atoms with Gasteiger partial charge in [0.1, 0.15) is 18.2 Å². The first kappa shape index (κ1) is 15.8. The molecule has 1 heterocycles. The lowest BCUT2D eigenvalue weighted by molar-refractivity contribution is 0.203. The SMILES string of the molecule is OCC1CCN(c2ccc(OCc3ccccc3)cc2F)CC1. The fraction of sp³-hybridized carbons (Fsp3) is 0.368. The van der Waals surface area contributed by atoms with Gasteiger partial charge in [0.05, 0.1) is 5.69 Å². The fourth-order valence-corrected chi connectivity index (χ4v) is 2.93. The summed E-state index contributed by atoms with van der Waals surface area (Å²) in [6, 6.07) is 14.9. The summed E-state index contributed by atoms with van der Waals surface area (Å²) in [7, 11) is 0. The molecule has 3 rings (SSSR count). The second-order valence-electron chi connectivity index (χ2n) is 6.00. The molecule has 0 amide bonds. The van der Waals surface area contributed by atoms with Crippen LogP contribution in [0, 0.1) is 11.7 Å². The summed E-state index contributed by atoms with van der Waals surface area (Å²) in [6.07, 6.45) is 1.81. The van der Waals surface area contributed by atoms with E-state index in [9.17, 15) is 9.50 Å². The molecule has 0 bridgehead atoms. The molecule has 1 saturated heterocycles. The van der Waals surface area contributed by atoms with E-state index in [1.165, 1.54) is 6.07 Å². The summed E-state index contributed by atoms with van der Waals surface area (Å²) in [4.78, 5) is 2.04. The van der Waals surface area contributed by atoms with Gasteiger partial charge in [-0.2, -0.15) is 0 Å². The van der Waals surface area contributed by atoms with Crippen molar-refractivity contribution in [2.24, 2.45) is 5.92 Å². The summed E-state index contributed by atoms with van der Waals surface area (Å²) < 4.78 is 20.0. The van der Waals surface area contributed by atoms with Crippen molar-refractivity contribution in [3.05, 3.63) is 59.9 Å². The van der Waals surface area contributed by atoms with Crippen LogP contribution in [-0.4, -0.2) is 24.8 Å². The zero-order valence-corrected chi connectivity index (χ0v) is 13.1. The van der Waals surface area contributed by atoms with Gasteiger partial charge in [-0.05, 0) is 36.5 Å². The van der Waals surface area contributed by atoms with Gasteiger partial charge >= 0.3 is 0 Å². The Bertz CT molecular complexity index is 625. The van der Waals surface area contributed by atoms with E-state index in [-0.39, 0.29) is 12.4 Å². The van der Waals surface area contributed by atoms with Crippen molar-refractivity contribution in [3.8, 4) is 5.75 Å². The number of nitrogens with zero attached hydrogens (tertiary/aromatic N) is 1. The van der Waals surface area contributed by atoms with Gasteiger partial charge in [-0.1, -0.05) is 30.3 Å². The van der Waals surface area contributed by atoms with Crippen LogP contribution in [0.2, 0.25) is 0 Å². The van der Waals surface area contributed by atoms with E-state index in [0.29, 0.717) is 24.0 Å². The number of hydrogen-bond donors (Lipinski definition) is 1. The number of aliphatic hydroxyl groups excluding tert-OH is 1. The summed E-state index contributed by atoms with van der Waals surface area (Å²) >= 11 is 0. The second-order valence-corrected chi connectivity index (χ2v) is 6.00. The van der Waals surface area contributed by atoms with Crippen LogP contribution in [-0.2, 0) is 6.61 Å². The molecular weight excluding hydrogens is 293 g/mol. The van der Waals surface area contributed by atoms with Gasteiger partial charge in [-0.25, -0.2) is 4.39 Å². The highest BCUT2D eigenvalue weighted by atomic mass is 19.1. The molecule has 0 aromatic heterocycles. The normalized spacial score (nSPS) is 15.7. The van der Waals surface area contributed by atoms with Crippen molar-refractivity contribution in [1.29, 1.82) is 0 Å². The molecule has 122 valence electrons. The summed E-state index contributed by atoms with van der Waals surface area (Å²) in [5, 5.41) is 9.18. The lowest BCUT2D eigenvalue weighted by Crippen LogP contribution is -2.35. The Morgan fingerprint density at radius 2 is 1.83 bits per heavy atom. The first-order valence-corrected chi connectivity index (χ1v) is 8.08. The Kier molecular flexibility index (Phi) is 5.13. The van der Waals surface area contributed by atoms with E-state index >= 15 is 0 Å². The zero-order chi connectivity index (χ0) is 16.1. The van der Waals surface area contributed by atoms with E-state index in [1.54, 1.807) is 6.07 Å². The third-order valence-corrected chi connectivity index (χ3v) is 4.38. The predicted octanol–water partition coefficient (Wildman–Crippen LogP) is 3.61. The Morgan fingerprint density at radius 1 is 1.09 bits per heavy atom. The van der Waals surface area contributed by atoms with Crippen molar-refractivity contribution < 1.29 is 14.2 Å². The summed E-state index contributed by atoms with van der Waals surface area (Å²) in [5.74, 6) is 0.640. The number of ether oxygens (including phenoxy) is 1. The fourth-order valence-electron chi connectivity index (χ4n) is 2.93. The standard InChI is InChI=1S/C19H22FNO2/c20-18-12-17(23-14-16-4-2-1-3-5-16)6-7-19(18)21-10-8-15(13-22)9-11-21/h1-7,12,15,22H,8-11,13-14H2. The van der Waals surface area contributed by atoms with Crippen LogP contribution in [0.4, 0.5) is 10.1 Å². The van der Waals surface area contributed by atoms with Crippen molar-refractivity contribution in [3.63, 3.8) is 0 Å². The minimum atomic E-state index is -0.252. The van der Waals surface area contributed by atoms with Crippen LogP contribution in [0.5, 0.6) is 5.75 Å². The largest absolute Gasteiger partial charge is 0.489 e. The van der Waals surface area contributed by atoms with E-state index in [4.69, 9.17) is 4.74 Å². The average molecular weight is 315 g/mol. The maximum absolute atomic E-state index is 14.4. The molecule has 23 heavy (non-hydrogen) atoms. The molecule has 0 spiro atoms. The maximum atomic E-state index is 14.4. The number of anilines is 1. The molecule has 2 aromatic carbocycles. The van der Waals surface area contributed by atoms with Crippen molar-refractivity contribution in [2.75, 3.05) is 24.6 Å². The number of hydrogen-bond acceptors (Lipinski definition) is 3. The van der Waals surface area contributed by atoms with Gasteiger partial charge in [0.2, 0.25) is 0 Å². The van der Waals surface area contributed by atoms with Gasteiger partial charge in [-0.3, -0.25) is 0 Å². The molecule has 1 aliphatic rings. The van der Waals surface area contributed by atoms with Gasteiger partial charge in [0.15, 0.2) is 0 Å². The molecule has 0 unspecified atom stereocenters. The molecule has 1 aliphatic heterocycles. The van der Waals surface area contributed by atoms with Crippen molar-refractivity contribution in [2.45, 2.75) is 19.4 Å². The third kappa shape index (κ3) is 4.02. The Balaban J connectivity index is 1.62. The number of aliphatic hydroxyl groups is 1. The Hall–Kier alpha value is -2.07. The molecule has 2 aromatic rings. The zero-order valence-electron chi connectivity index (χ0n) is 13.1. The van der Waals surface area contributed by atoms with E-state index < -0.39 is 0 Å². The van der Waals surface area contributed by atoms with E-state index in [2.05, 4.69) is 0 Å². The predicted molar refractivity (Wildman–Crippen MR) is 89.2 cm³/mol. The highest BCUT2D eigenvalue weighted by Gasteiger charge is 2.20. The molecule has 1 N–H and O–H groups in total. The Labute approximate surface area is 136 Å². The molecule has 4 heteroatoms. The molecular formula is C19H22FNO2. The number of benzene rings is 2. The summed E-state index contributed by atoms with van der Waals surface area (Å²) in [6.45, 7) is 2.23. The Morgan fingerprint density at radius 3 is 2.48 bits per heavy atom. The highest BCUT2D eigenvalue weighted by Crippen LogP contribution is 2.28. The molecule has 0 saturated carbocycles. The van der Waals surface area contributed by atoms with Crippen LogP contribution in [0.15, 0.2) is 48.5 Å². The van der Waals surface area contributed by atoms with Crippen LogP contribution in [0.1, 0.15) is 18.4 Å². The maximum Gasteiger partial charge on any atom is 0.150 e. The lowest BCUT2D eigenvalue weighted by Gasteiger charge is -2.33. The van der Waals surface area contributed by atoms with Crippen molar-refractivity contribution in [1.82, 2.24) is 0 Å². The lowest BCUT2D eigenvalue weighted by atomic mass is 9.97. The van der Waals surface area contributed by atoms with Crippen LogP contribution in [0.3, 0.4) is 0 Å². The van der Waals surface area contributed by atoms with Crippen LogP contribution < -0.4 is 9.64 Å². The molecule has 1 fully saturated rings. The van der Waals surface area contributed by atoms with Crippen molar-refractivity contribution >= 4 is 5.69 Å². The third-order valence-electron chi connectivity index (χ3n) is 4.38. The quantitative estimate of drug-likeness (QED) is 0.915. The number of piperidine rings is 1. The van der Waals surface area contributed by atoms with Gasteiger partial charge in [0, 0.05) is 25.8 Å². The number of rotatable bonds is 5. The first-order chi connectivity index (χ1) is 11.3. The van der Waals surface area contributed by atoms with Crippen LogP contribution >= 0.6 is 0 Å². The molecule has 0 radical (unpaired) electrons. The van der Waals surface area contributed by atoms with Gasteiger partial charge in [-0.15, -0.1) is 0 Å². The topological polar surface area (TPSA) is 32.7 Å². The highest BCUT2D eigenvalue weighted by molar-refractivity contribution is 5.51. The van der Waals surface area contributed by atoms with Crippen LogP contribution in [0.25, 0.3) is 0 Å². The van der Waals surface area contributed by atoms with E-state index in [1.807, 2.05) is 41.3 Å².